The van der Waals surface area contributed by atoms with Crippen LogP contribution in [0.5, 0.6) is 11.5 Å². The Labute approximate surface area is 162 Å². The number of methoxy groups -OCH3 is 1. The molecule has 1 saturated heterocycles. The molecule has 0 bridgehead atoms. The van der Waals surface area contributed by atoms with Gasteiger partial charge in [0.25, 0.3) is 0 Å². The molecule has 2 aromatic rings. The van der Waals surface area contributed by atoms with Crippen LogP contribution in [0, 0.1) is 0 Å². The molecule has 2 aromatic carbocycles. The van der Waals surface area contributed by atoms with E-state index < -0.39 is 12.0 Å². The fourth-order valence-corrected chi connectivity index (χ4v) is 4.49. The van der Waals surface area contributed by atoms with Crippen molar-refractivity contribution in [1.29, 1.82) is 0 Å². The van der Waals surface area contributed by atoms with Crippen LogP contribution in [0.4, 0.5) is 0 Å². The van der Waals surface area contributed by atoms with Crippen LogP contribution in [-0.4, -0.2) is 40.8 Å². The highest BCUT2D eigenvalue weighted by Gasteiger charge is 2.41. The molecule has 2 atom stereocenters. The number of carbonyl (C=O) groups is 2. The van der Waals surface area contributed by atoms with E-state index in [0.717, 1.165) is 11.1 Å². The van der Waals surface area contributed by atoms with Crippen LogP contribution in [-0.2, 0) is 16.2 Å². The quantitative estimate of drug-likeness (QED) is 0.819. The van der Waals surface area contributed by atoms with Crippen LogP contribution >= 0.6 is 11.8 Å². The van der Waals surface area contributed by atoms with E-state index in [1.807, 2.05) is 36.4 Å². The van der Waals surface area contributed by atoms with Crippen molar-refractivity contribution in [3.8, 4) is 11.5 Å². The largest absolute Gasteiger partial charge is 0.493 e. The lowest BCUT2D eigenvalue weighted by Crippen LogP contribution is -2.41. The lowest BCUT2D eigenvalue weighted by atomic mass is 10.1. The molecule has 7 heteroatoms. The zero-order valence-electron chi connectivity index (χ0n) is 15.1. The molecule has 6 nitrogen and oxygen atoms in total. The molecular weight excluding hydrogens is 366 g/mol. The third-order valence-electron chi connectivity index (χ3n) is 4.36. The second-order valence-corrected chi connectivity index (χ2v) is 7.26. The van der Waals surface area contributed by atoms with Crippen LogP contribution in [0.25, 0.3) is 0 Å². The molecule has 142 valence electrons. The molecule has 0 aliphatic carbocycles. The maximum Gasteiger partial charge on any atom is 0.327 e. The lowest BCUT2D eigenvalue weighted by Gasteiger charge is -2.26. The average molecular weight is 387 g/mol. The van der Waals surface area contributed by atoms with Crippen LogP contribution < -0.4 is 9.47 Å². The van der Waals surface area contributed by atoms with Crippen LogP contribution in [0.3, 0.4) is 0 Å². The summed E-state index contributed by atoms with van der Waals surface area (Å²) in [6, 6.07) is 14.4. The van der Waals surface area contributed by atoms with E-state index in [-0.39, 0.29) is 11.3 Å². The Bertz CT molecular complexity index is 826. The van der Waals surface area contributed by atoms with E-state index in [4.69, 9.17) is 9.47 Å². The molecule has 27 heavy (non-hydrogen) atoms. The monoisotopic (exact) mass is 387 g/mol. The van der Waals surface area contributed by atoms with Crippen molar-refractivity contribution in [2.24, 2.45) is 0 Å². The maximum atomic E-state index is 12.0. The average Bonchev–Trinajstić information content (AvgIpc) is 3.13. The van der Waals surface area contributed by atoms with E-state index in [1.54, 1.807) is 19.2 Å². The Morgan fingerprint density at radius 1 is 1.19 bits per heavy atom. The Morgan fingerprint density at radius 3 is 2.56 bits per heavy atom. The molecule has 1 aliphatic heterocycles. The number of benzene rings is 2. The van der Waals surface area contributed by atoms with Gasteiger partial charge in [-0.25, -0.2) is 4.79 Å². The molecule has 1 aliphatic rings. The Kier molecular flexibility index (Phi) is 5.91. The van der Waals surface area contributed by atoms with Crippen LogP contribution in [0.1, 0.15) is 23.4 Å². The molecular formula is C20H21NO5S. The minimum absolute atomic E-state index is 0.263. The summed E-state index contributed by atoms with van der Waals surface area (Å²) in [5.41, 5.74) is 1.85. The van der Waals surface area contributed by atoms with Gasteiger partial charge in [0, 0.05) is 12.7 Å². The molecule has 3 rings (SSSR count). The predicted octanol–water partition coefficient (Wildman–Crippen LogP) is 3.32. The first-order valence-electron chi connectivity index (χ1n) is 8.49. The lowest BCUT2D eigenvalue weighted by molar-refractivity contribution is -0.148. The minimum atomic E-state index is -0.991. The predicted molar refractivity (Wildman–Crippen MR) is 103 cm³/mol. The summed E-state index contributed by atoms with van der Waals surface area (Å²) in [7, 11) is 1.55. The molecule has 1 N–H and O–H groups in total. The van der Waals surface area contributed by atoms with E-state index in [9.17, 15) is 14.7 Å². The number of nitrogens with zero attached hydrogens (tertiary/aromatic N) is 1. The number of rotatable bonds is 6. The van der Waals surface area contributed by atoms with E-state index in [1.165, 1.54) is 23.6 Å². The molecule has 2 unspecified atom stereocenters. The summed E-state index contributed by atoms with van der Waals surface area (Å²) >= 11 is 1.43. The first-order chi connectivity index (χ1) is 13.0. The topological polar surface area (TPSA) is 76.1 Å². The van der Waals surface area contributed by atoms with Gasteiger partial charge in [-0.2, -0.15) is 0 Å². The third kappa shape index (κ3) is 4.19. The molecule has 1 fully saturated rings. The molecule has 0 aromatic heterocycles. The highest BCUT2D eigenvalue weighted by Crippen LogP contribution is 2.43. The second kappa shape index (κ2) is 8.35. The van der Waals surface area contributed by atoms with Crippen molar-refractivity contribution in [1.82, 2.24) is 4.90 Å². The summed E-state index contributed by atoms with van der Waals surface area (Å²) in [6.07, 6.45) is 0. The number of carboxylic acids is 1. The summed E-state index contributed by atoms with van der Waals surface area (Å²) in [5.74, 6) is 0.244. The smallest absolute Gasteiger partial charge is 0.327 e. The number of aliphatic carboxylic acids is 1. The standard InChI is InChI=1S/C20H21NO5S/c1-13(22)21-16(20(23)24)12-27-19(21)15-8-9-17(18(10-15)25-2)26-11-14-6-4-3-5-7-14/h3-10,16,19H,11-12H2,1-2H3,(H,23,24). The number of amides is 1. The summed E-state index contributed by atoms with van der Waals surface area (Å²) < 4.78 is 11.3. The van der Waals surface area contributed by atoms with Crippen LogP contribution in [0.2, 0.25) is 0 Å². The highest BCUT2D eigenvalue weighted by molar-refractivity contribution is 7.99. The van der Waals surface area contributed by atoms with Gasteiger partial charge in [-0.15, -0.1) is 11.8 Å². The SMILES string of the molecule is COc1cc(C2SCC(C(=O)O)N2C(C)=O)ccc1OCc1ccccc1. The van der Waals surface area contributed by atoms with E-state index in [2.05, 4.69) is 0 Å². The van der Waals surface area contributed by atoms with E-state index in [0.29, 0.717) is 23.9 Å². The fraction of sp³-hybridized carbons (Fsp3) is 0.300. The van der Waals surface area contributed by atoms with E-state index >= 15 is 0 Å². The normalized spacial score (nSPS) is 19.0. The zero-order valence-corrected chi connectivity index (χ0v) is 15.9. The first-order valence-corrected chi connectivity index (χ1v) is 9.54. The number of thioether (sulfide) groups is 1. The number of hydrogen-bond donors (Lipinski definition) is 1. The molecule has 1 amide bonds. The van der Waals surface area contributed by atoms with Crippen molar-refractivity contribution in [3.05, 3.63) is 59.7 Å². The van der Waals surface area contributed by atoms with Crippen molar-refractivity contribution in [2.75, 3.05) is 12.9 Å². The van der Waals surface area contributed by atoms with Gasteiger partial charge < -0.3 is 19.5 Å². The number of ether oxygens (including phenoxy) is 2. The van der Waals surface area contributed by atoms with Gasteiger partial charge in [-0.1, -0.05) is 36.4 Å². The summed E-state index contributed by atoms with van der Waals surface area (Å²) in [5, 5.41) is 9.01. The molecule has 1 heterocycles. The fourth-order valence-electron chi connectivity index (χ4n) is 3.03. The number of carboxylic acid groups (broad SMARTS) is 1. The van der Waals surface area contributed by atoms with Gasteiger partial charge >= 0.3 is 5.97 Å². The number of hydrogen-bond acceptors (Lipinski definition) is 5. The third-order valence-corrected chi connectivity index (χ3v) is 5.68. The van der Waals surface area contributed by atoms with Gasteiger partial charge in [0.1, 0.15) is 18.0 Å². The first kappa shape index (κ1) is 19.1. The Balaban J connectivity index is 1.81. The van der Waals surface area contributed by atoms with Gasteiger partial charge in [0.15, 0.2) is 11.5 Å². The second-order valence-electron chi connectivity index (χ2n) is 6.15. The van der Waals surface area contributed by atoms with Crippen molar-refractivity contribution in [3.63, 3.8) is 0 Å². The Morgan fingerprint density at radius 2 is 1.93 bits per heavy atom. The molecule has 0 spiro atoms. The minimum Gasteiger partial charge on any atom is -0.493 e. The van der Waals surface area contributed by atoms with Gasteiger partial charge in [-0.3, -0.25) is 4.79 Å². The summed E-state index contributed by atoms with van der Waals surface area (Å²) in [6.45, 7) is 1.80. The summed E-state index contributed by atoms with van der Waals surface area (Å²) in [4.78, 5) is 24.9. The van der Waals surface area contributed by atoms with Gasteiger partial charge in [0.2, 0.25) is 5.91 Å². The van der Waals surface area contributed by atoms with Crippen LogP contribution in [0.15, 0.2) is 48.5 Å². The highest BCUT2D eigenvalue weighted by atomic mass is 32.2. The molecule has 0 saturated carbocycles. The van der Waals surface area contributed by atoms with Gasteiger partial charge in [-0.05, 0) is 23.3 Å². The van der Waals surface area contributed by atoms with Crippen molar-refractivity contribution in [2.45, 2.75) is 24.9 Å². The number of carbonyl (C=O) groups excluding carboxylic acids is 1. The zero-order chi connectivity index (χ0) is 19.4. The maximum absolute atomic E-state index is 12.0. The molecule has 0 radical (unpaired) electrons. The Hall–Kier alpha value is -2.67. The van der Waals surface area contributed by atoms with Crippen molar-refractivity contribution < 1.29 is 24.2 Å². The van der Waals surface area contributed by atoms with Crippen molar-refractivity contribution >= 4 is 23.6 Å². The van der Waals surface area contributed by atoms with Gasteiger partial charge in [0.05, 0.1) is 7.11 Å².